The second kappa shape index (κ2) is 9.36. The van der Waals surface area contributed by atoms with Gasteiger partial charge in [-0.15, -0.1) is 0 Å². The molecule has 0 unspecified atom stereocenters. The lowest BCUT2D eigenvalue weighted by atomic mass is 9.87. The Morgan fingerprint density at radius 2 is 1.60 bits per heavy atom. The zero-order valence-electron chi connectivity index (χ0n) is 18.5. The monoisotopic (exact) mass is 458 g/mol. The minimum absolute atomic E-state index is 0.0709. The van der Waals surface area contributed by atoms with Crippen molar-refractivity contribution >= 4 is 25.8 Å². The second-order valence-corrected chi connectivity index (χ2v) is 13.5. The predicted octanol–water partition coefficient (Wildman–Crippen LogP) is 2.32. The van der Waals surface area contributed by atoms with E-state index in [9.17, 15) is 21.6 Å². The number of sulfonamides is 1. The van der Waals surface area contributed by atoms with Crippen molar-refractivity contribution in [1.82, 2.24) is 9.62 Å². The first-order valence-electron chi connectivity index (χ1n) is 10.3. The first-order chi connectivity index (χ1) is 13.7. The van der Waals surface area contributed by atoms with Crippen LogP contribution in [0.1, 0.15) is 53.0 Å². The molecule has 1 aromatic rings. The highest BCUT2D eigenvalue weighted by molar-refractivity contribution is 7.92. The topological polar surface area (TPSA) is 101 Å². The van der Waals surface area contributed by atoms with Crippen LogP contribution in [-0.2, 0) is 30.1 Å². The molecule has 30 heavy (non-hydrogen) atoms. The molecule has 2 rings (SSSR count). The number of carbonyl (C=O) groups excluding carboxylic acids is 1. The van der Waals surface area contributed by atoms with Crippen LogP contribution in [0.15, 0.2) is 29.2 Å². The standard InChI is InChI=1S/C21H34N2O5S2/c1-16(2)15-29(25,26)18-10-12-23(13-11-18)20(24)14-22-30(27,28)19-8-6-17(7-9-19)21(3,4)5/h6-9,16,18,22H,10-15H2,1-5H3. The van der Waals surface area contributed by atoms with Crippen LogP contribution in [0.2, 0.25) is 0 Å². The molecule has 0 atom stereocenters. The van der Waals surface area contributed by atoms with Gasteiger partial charge in [-0.25, -0.2) is 21.6 Å². The number of sulfone groups is 1. The van der Waals surface area contributed by atoms with E-state index in [0.717, 1.165) is 5.56 Å². The molecule has 1 amide bonds. The van der Waals surface area contributed by atoms with Crippen molar-refractivity contribution in [2.45, 2.75) is 63.0 Å². The van der Waals surface area contributed by atoms with Gasteiger partial charge in [-0.3, -0.25) is 4.79 Å². The maximum Gasteiger partial charge on any atom is 0.241 e. The average molecular weight is 459 g/mol. The third-order valence-corrected chi connectivity index (χ3v) is 9.35. The van der Waals surface area contributed by atoms with Gasteiger partial charge in [0.1, 0.15) is 0 Å². The summed E-state index contributed by atoms with van der Waals surface area (Å²) in [5.41, 5.74) is 0.938. The minimum Gasteiger partial charge on any atom is -0.341 e. The lowest BCUT2D eigenvalue weighted by Gasteiger charge is -2.32. The Balaban J connectivity index is 1.91. The number of rotatable bonds is 7. The highest BCUT2D eigenvalue weighted by Gasteiger charge is 2.32. The van der Waals surface area contributed by atoms with Crippen LogP contribution in [0, 0.1) is 5.92 Å². The molecule has 1 heterocycles. The fourth-order valence-electron chi connectivity index (χ4n) is 3.55. The van der Waals surface area contributed by atoms with Crippen molar-refractivity contribution in [2.75, 3.05) is 25.4 Å². The SMILES string of the molecule is CC(C)CS(=O)(=O)C1CCN(C(=O)CNS(=O)(=O)c2ccc(C(C)(C)C)cc2)CC1. The van der Waals surface area contributed by atoms with Crippen LogP contribution in [0.3, 0.4) is 0 Å². The van der Waals surface area contributed by atoms with Crippen LogP contribution < -0.4 is 4.72 Å². The molecule has 1 saturated heterocycles. The van der Waals surface area contributed by atoms with E-state index in [1.54, 1.807) is 24.3 Å². The fraction of sp³-hybridized carbons (Fsp3) is 0.667. The zero-order chi connectivity index (χ0) is 22.7. The van der Waals surface area contributed by atoms with E-state index in [1.807, 2.05) is 34.6 Å². The number of amides is 1. The molecular weight excluding hydrogens is 424 g/mol. The lowest BCUT2D eigenvalue weighted by Crippen LogP contribution is -2.46. The van der Waals surface area contributed by atoms with E-state index in [1.165, 1.54) is 4.90 Å². The summed E-state index contributed by atoms with van der Waals surface area (Å²) in [5, 5.41) is -0.429. The molecule has 1 aliphatic rings. The van der Waals surface area contributed by atoms with Gasteiger partial charge in [0, 0.05) is 13.1 Å². The molecule has 170 valence electrons. The Bertz CT molecular complexity index is 938. The second-order valence-electron chi connectivity index (χ2n) is 9.40. The van der Waals surface area contributed by atoms with Crippen LogP contribution in [-0.4, -0.2) is 58.3 Å². The van der Waals surface area contributed by atoms with Crippen molar-refractivity contribution in [3.05, 3.63) is 29.8 Å². The zero-order valence-corrected chi connectivity index (χ0v) is 20.1. The van der Waals surface area contributed by atoms with Gasteiger partial charge in [-0.1, -0.05) is 46.8 Å². The van der Waals surface area contributed by atoms with Crippen molar-refractivity contribution in [3.8, 4) is 0 Å². The van der Waals surface area contributed by atoms with Gasteiger partial charge in [0.25, 0.3) is 0 Å². The summed E-state index contributed by atoms with van der Waals surface area (Å²) >= 11 is 0. The number of nitrogens with one attached hydrogen (secondary N) is 1. The van der Waals surface area contributed by atoms with E-state index in [-0.39, 0.29) is 34.4 Å². The van der Waals surface area contributed by atoms with Crippen molar-refractivity contribution in [2.24, 2.45) is 5.92 Å². The maximum atomic E-state index is 12.5. The van der Waals surface area contributed by atoms with Crippen molar-refractivity contribution < 1.29 is 21.6 Å². The van der Waals surface area contributed by atoms with Crippen LogP contribution >= 0.6 is 0 Å². The Labute approximate surface area is 181 Å². The smallest absolute Gasteiger partial charge is 0.241 e. The van der Waals surface area contributed by atoms with E-state index < -0.39 is 25.1 Å². The maximum absolute atomic E-state index is 12.5. The van der Waals surface area contributed by atoms with E-state index >= 15 is 0 Å². The number of hydrogen-bond donors (Lipinski definition) is 1. The molecule has 0 spiro atoms. The number of nitrogens with zero attached hydrogens (tertiary/aromatic N) is 1. The van der Waals surface area contributed by atoms with E-state index in [4.69, 9.17) is 0 Å². The minimum atomic E-state index is -3.80. The Kier molecular flexibility index (Phi) is 7.74. The average Bonchev–Trinajstić information content (AvgIpc) is 2.65. The third-order valence-electron chi connectivity index (χ3n) is 5.31. The molecule has 1 fully saturated rings. The summed E-state index contributed by atoms with van der Waals surface area (Å²) < 4.78 is 52.1. The van der Waals surface area contributed by atoms with Gasteiger partial charge in [0.2, 0.25) is 15.9 Å². The van der Waals surface area contributed by atoms with Gasteiger partial charge in [-0.2, -0.15) is 0 Å². The van der Waals surface area contributed by atoms with E-state index in [2.05, 4.69) is 4.72 Å². The summed E-state index contributed by atoms with van der Waals surface area (Å²) in [6.07, 6.45) is 0.781. The number of hydrogen-bond acceptors (Lipinski definition) is 5. The van der Waals surface area contributed by atoms with Crippen LogP contribution in [0.4, 0.5) is 0 Å². The first-order valence-corrected chi connectivity index (χ1v) is 13.5. The molecule has 0 aliphatic carbocycles. The summed E-state index contributed by atoms with van der Waals surface area (Å²) in [7, 11) is -6.96. The van der Waals surface area contributed by atoms with E-state index in [0.29, 0.717) is 25.9 Å². The highest BCUT2D eigenvalue weighted by Crippen LogP contribution is 2.23. The first kappa shape index (κ1) is 24.8. The normalized spacial score (nSPS) is 16.8. The number of likely N-dealkylation sites (tertiary alicyclic amines) is 1. The van der Waals surface area contributed by atoms with Crippen molar-refractivity contribution in [1.29, 1.82) is 0 Å². The molecule has 9 heteroatoms. The fourth-order valence-corrected chi connectivity index (χ4v) is 6.66. The molecule has 1 aromatic carbocycles. The quantitative estimate of drug-likeness (QED) is 0.676. The predicted molar refractivity (Wildman–Crippen MR) is 119 cm³/mol. The molecular formula is C21H34N2O5S2. The van der Waals surface area contributed by atoms with Gasteiger partial charge in [-0.05, 0) is 41.9 Å². The Morgan fingerprint density at radius 3 is 2.07 bits per heavy atom. The molecule has 1 N–H and O–H groups in total. The molecule has 0 saturated carbocycles. The van der Waals surface area contributed by atoms with Crippen LogP contribution in [0.5, 0.6) is 0 Å². The number of carbonyl (C=O) groups is 1. The van der Waals surface area contributed by atoms with Gasteiger partial charge in [0.15, 0.2) is 9.84 Å². The summed E-state index contributed by atoms with van der Waals surface area (Å²) in [6, 6.07) is 6.63. The third kappa shape index (κ3) is 6.52. The van der Waals surface area contributed by atoms with Gasteiger partial charge < -0.3 is 4.90 Å². The molecule has 0 radical (unpaired) electrons. The van der Waals surface area contributed by atoms with Crippen molar-refractivity contribution in [3.63, 3.8) is 0 Å². The Hall–Kier alpha value is -1.45. The summed E-state index contributed by atoms with van der Waals surface area (Å²) in [5.74, 6) is -0.120. The highest BCUT2D eigenvalue weighted by atomic mass is 32.2. The molecule has 1 aliphatic heterocycles. The lowest BCUT2D eigenvalue weighted by molar-refractivity contribution is -0.130. The molecule has 0 bridgehead atoms. The number of piperidine rings is 1. The largest absolute Gasteiger partial charge is 0.341 e. The Morgan fingerprint density at radius 1 is 1.07 bits per heavy atom. The van der Waals surface area contributed by atoms with Gasteiger partial charge in [0.05, 0.1) is 22.4 Å². The van der Waals surface area contributed by atoms with Gasteiger partial charge >= 0.3 is 0 Å². The molecule has 7 nitrogen and oxygen atoms in total. The summed E-state index contributed by atoms with van der Waals surface area (Å²) in [6.45, 7) is 10.2. The van der Waals surface area contributed by atoms with Crippen LogP contribution in [0.25, 0.3) is 0 Å². The molecule has 0 aromatic heterocycles. The number of benzene rings is 1. The summed E-state index contributed by atoms with van der Waals surface area (Å²) in [4.78, 5) is 14.1.